The summed E-state index contributed by atoms with van der Waals surface area (Å²) in [4.78, 5) is 7.34. The average molecular weight is 334 g/mol. The minimum atomic E-state index is 0.0620. The van der Waals surface area contributed by atoms with E-state index in [0.29, 0.717) is 6.04 Å². The molecule has 5 heteroatoms. The van der Waals surface area contributed by atoms with Gasteiger partial charge in [0.15, 0.2) is 0 Å². The minimum absolute atomic E-state index is 0.0620. The predicted octanol–water partition coefficient (Wildman–Crippen LogP) is 3.88. The molecule has 0 amide bonds. The van der Waals surface area contributed by atoms with Gasteiger partial charge in [-0.15, -0.1) is 11.3 Å². The predicted molar refractivity (Wildman–Crippen MR) is 94.9 cm³/mol. The Morgan fingerprint density at radius 2 is 2.22 bits per heavy atom. The number of hydrogen-bond acceptors (Lipinski definition) is 4. The van der Waals surface area contributed by atoms with E-state index in [9.17, 15) is 0 Å². The van der Waals surface area contributed by atoms with Crippen LogP contribution in [-0.4, -0.2) is 22.2 Å². The van der Waals surface area contributed by atoms with Crippen LogP contribution in [0, 0.1) is 0 Å². The van der Waals surface area contributed by atoms with Gasteiger partial charge in [0.2, 0.25) is 0 Å². The van der Waals surface area contributed by atoms with Crippen molar-refractivity contribution in [1.82, 2.24) is 14.9 Å². The molecule has 2 aromatic rings. The molecule has 1 fully saturated rings. The molecule has 2 atom stereocenters. The lowest BCUT2D eigenvalue weighted by Gasteiger charge is -2.20. The van der Waals surface area contributed by atoms with Crippen LogP contribution in [0.15, 0.2) is 24.5 Å². The van der Waals surface area contributed by atoms with Gasteiger partial charge in [-0.05, 0) is 30.9 Å². The molecule has 0 aliphatic carbocycles. The van der Waals surface area contributed by atoms with Gasteiger partial charge in [-0.25, -0.2) is 4.98 Å². The summed E-state index contributed by atoms with van der Waals surface area (Å²) in [5.74, 6) is 1.05. The summed E-state index contributed by atoms with van der Waals surface area (Å²) in [5, 5.41) is 3.68. The molecule has 0 saturated carbocycles. The van der Waals surface area contributed by atoms with Gasteiger partial charge in [-0.2, -0.15) is 0 Å². The maximum atomic E-state index is 5.96. The number of nitrogens with zero attached hydrogens (tertiary/aromatic N) is 2. The lowest BCUT2D eigenvalue weighted by molar-refractivity contribution is 0.0886. The Kier molecular flexibility index (Phi) is 4.90. The van der Waals surface area contributed by atoms with Crippen molar-refractivity contribution in [2.45, 2.75) is 64.8 Å². The Hall–Kier alpha value is -1.17. The number of ether oxygens (including phenoxy) is 1. The van der Waals surface area contributed by atoms with Crippen LogP contribution in [0.4, 0.5) is 0 Å². The van der Waals surface area contributed by atoms with Crippen molar-refractivity contribution in [3.05, 3.63) is 40.1 Å². The van der Waals surface area contributed by atoms with Gasteiger partial charge in [0, 0.05) is 47.9 Å². The molecule has 0 unspecified atom stereocenters. The van der Waals surface area contributed by atoms with Crippen LogP contribution < -0.4 is 5.32 Å². The van der Waals surface area contributed by atoms with E-state index in [1.54, 1.807) is 0 Å². The Labute approximate surface area is 142 Å². The van der Waals surface area contributed by atoms with Gasteiger partial charge in [0.1, 0.15) is 11.9 Å². The summed E-state index contributed by atoms with van der Waals surface area (Å²) in [6.45, 7) is 11.6. The molecule has 3 rings (SSSR count). The van der Waals surface area contributed by atoms with Crippen LogP contribution in [0.1, 0.15) is 55.8 Å². The molecule has 0 aromatic carbocycles. The maximum Gasteiger partial charge on any atom is 0.139 e. The minimum Gasteiger partial charge on any atom is -0.369 e. The molecule has 1 aliphatic heterocycles. The molecule has 2 aromatic heterocycles. The number of rotatable bonds is 5. The number of nitrogens with one attached hydrogen (secondary N) is 1. The third-order valence-electron chi connectivity index (χ3n) is 4.37. The Morgan fingerprint density at radius 3 is 2.91 bits per heavy atom. The molecule has 0 bridgehead atoms. The molecule has 3 heterocycles. The first-order valence-electron chi connectivity index (χ1n) is 8.44. The highest BCUT2D eigenvalue weighted by Crippen LogP contribution is 2.31. The number of imidazole rings is 1. The molecule has 126 valence electrons. The van der Waals surface area contributed by atoms with E-state index in [1.807, 2.05) is 23.7 Å². The summed E-state index contributed by atoms with van der Waals surface area (Å²) in [7, 11) is 0. The Morgan fingerprint density at radius 1 is 1.39 bits per heavy atom. The normalized spacial score (nSPS) is 21.9. The molecular formula is C18H27N3OS. The van der Waals surface area contributed by atoms with Crippen LogP contribution in [0.5, 0.6) is 0 Å². The van der Waals surface area contributed by atoms with Gasteiger partial charge in [-0.3, -0.25) is 0 Å². The summed E-state index contributed by atoms with van der Waals surface area (Å²) >= 11 is 1.91. The fraction of sp³-hybridized carbons (Fsp3) is 0.611. The van der Waals surface area contributed by atoms with Gasteiger partial charge in [-0.1, -0.05) is 20.8 Å². The van der Waals surface area contributed by atoms with E-state index in [-0.39, 0.29) is 11.5 Å². The smallest absolute Gasteiger partial charge is 0.139 e. The molecule has 4 nitrogen and oxygen atoms in total. The first kappa shape index (κ1) is 16.7. The number of aryl methyl sites for hydroxylation is 1. The molecule has 1 saturated heterocycles. The van der Waals surface area contributed by atoms with Crippen molar-refractivity contribution in [1.29, 1.82) is 0 Å². The second kappa shape index (κ2) is 6.75. The third-order valence-corrected chi connectivity index (χ3v) is 5.88. The van der Waals surface area contributed by atoms with Gasteiger partial charge < -0.3 is 14.6 Å². The number of thiophene rings is 1. The highest BCUT2D eigenvalue weighted by Gasteiger charge is 2.32. The lowest BCUT2D eigenvalue weighted by Crippen LogP contribution is -2.32. The third kappa shape index (κ3) is 3.67. The van der Waals surface area contributed by atoms with E-state index in [1.165, 1.54) is 9.75 Å². The van der Waals surface area contributed by atoms with Gasteiger partial charge in [0.05, 0.1) is 0 Å². The van der Waals surface area contributed by atoms with Gasteiger partial charge in [0.25, 0.3) is 0 Å². The van der Waals surface area contributed by atoms with Crippen LogP contribution in [0.3, 0.4) is 0 Å². The van der Waals surface area contributed by atoms with E-state index in [2.05, 4.69) is 54.7 Å². The van der Waals surface area contributed by atoms with Crippen molar-refractivity contribution in [3.63, 3.8) is 0 Å². The summed E-state index contributed by atoms with van der Waals surface area (Å²) < 4.78 is 8.13. The molecule has 1 N–H and O–H groups in total. The summed E-state index contributed by atoms with van der Waals surface area (Å²) in [6.07, 6.45) is 5.00. The fourth-order valence-electron chi connectivity index (χ4n) is 3.01. The fourth-order valence-corrected chi connectivity index (χ4v) is 4.02. The molecule has 0 radical (unpaired) electrons. The standard InChI is InChI=1S/C18H27N3OS/c1-5-21-10-9-19-17(21)16-14(8-11-22-16)20-12-13-6-7-15(23-13)18(2,3)4/h6-7,9-10,14,16,20H,5,8,11-12H2,1-4H3/t14-,16-/m0/s1. The van der Waals surface area contributed by atoms with Crippen LogP contribution in [-0.2, 0) is 23.2 Å². The Bertz CT molecular complexity index is 641. The summed E-state index contributed by atoms with van der Waals surface area (Å²) in [6, 6.07) is 4.84. The zero-order chi connectivity index (χ0) is 16.4. The van der Waals surface area contributed by atoms with Crippen molar-refractivity contribution in [2.24, 2.45) is 0 Å². The zero-order valence-electron chi connectivity index (χ0n) is 14.5. The summed E-state index contributed by atoms with van der Waals surface area (Å²) in [5.41, 5.74) is 0.230. The highest BCUT2D eigenvalue weighted by atomic mass is 32.1. The number of aromatic nitrogens is 2. The topological polar surface area (TPSA) is 39.1 Å². The average Bonchev–Trinajstić information content (AvgIpc) is 3.23. The van der Waals surface area contributed by atoms with Crippen LogP contribution in [0.25, 0.3) is 0 Å². The zero-order valence-corrected chi connectivity index (χ0v) is 15.3. The Balaban J connectivity index is 1.64. The first-order valence-corrected chi connectivity index (χ1v) is 9.26. The van der Waals surface area contributed by atoms with E-state index >= 15 is 0 Å². The van der Waals surface area contributed by atoms with Gasteiger partial charge >= 0.3 is 0 Å². The van der Waals surface area contributed by atoms with Crippen molar-refractivity contribution in [3.8, 4) is 0 Å². The van der Waals surface area contributed by atoms with E-state index in [4.69, 9.17) is 4.74 Å². The molecular weight excluding hydrogens is 306 g/mol. The highest BCUT2D eigenvalue weighted by molar-refractivity contribution is 7.12. The SMILES string of the molecule is CCn1ccnc1[C@H]1OCC[C@@H]1NCc1ccc(C(C)(C)C)s1. The second-order valence-electron chi connectivity index (χ2n) is 7.15. The van der Waals surface area contributed by atoms with E-state index in [0.717, 1.165) is 31.9 Å². The maximum absolute atomic E-state index is 5.96. The van der Waals surface area contributed by atoms with Crippen LogP contribution >= 0.6 is 11.3 Å². The van der Waals surface area contributed by atoms with Crippen molar-refractivity contribution < 1.29 is 4.74 Å². The van der Waals surface area contributed by atoms with E-state index < -0.39 is 0 Å². The first-order chi connectivity index (χ1) is 11.0. The monoisotopic (exact) mass is 333 g/mol. The number of hydrogen-bond donors (Lipinski definition) is 1. The second-order valence-corrected chi connectivity index (χ2v) is 8.32. The molecule has 0 spiro atoms. The largest absolute Gasteiger partial charge is 0.369 e. The molecule has 23 heavy (non-hydrogen) atoms. The van der Waals surface area contributed by atoms with Crippen LogP contribution in [0.2, 0.25) is 0 Å². The quantitative estimate of drug-likeness (QED) is 0.902. The lowest BCUT2D eigenvalue weighted by atomic mass is 9.95. The molecule has 1 aliphatic rings. The van der Waals surface area contributed by atoms with Crippen molar-refractivity contribution >= 4 is 11.3 Å². The van der Waals surface area contributed by atoms with Crippen molar-refractivity contribution in [2.75, 3.05) is 6.61 Å².